The number of allylic oxidation sites excluding steroid dienone is 7. The lowest BCUT2D eigenvalue weighted by atomic mass is 10.0. The number of amides is 1. The van der Waals surface area contributed by atoms with Gasteiger partial charge in [-0.25, -0.2) is 0 Å². The Bertz CT molecular complexity index is 988. The van der Waals surface area contributed by atoms with Crippen molar-refractivity contribution in [1.82, 2.24) is 5.32 Å². The molecule has 0 saturated carbocycles. The van der Waals surface area contributed by atoms with Crippen molar-refractivity contribution < 1.29 is 24.5 Å². The van der Waals surface area contributed by atoms with Crippen LogP contribution in [0.25, 0.3) is 0 Å². The van der Waals surface area contributed by atoms with Crippen LogP contribution in [0.5, 0.6) is 0 Å². The van der Waals surface area contributed by atoms with Gasteiger partial charge in [-0.3, -0.25) is 9.59 Å². The first-order valence-electron chi connectivity index (χ1n) is 24.9. The number of hydrogen-bond acceptors (Lipinski definition) is 5. The Hall–Kier alpha value is -2.18. The second-order valence-electron chi connectivity index (χ2n) is 16.8. The fourth-order valence-corrected chi connectivity index (χ4v) is 7.17. The maximum Gasteiger partial charge on any atom is 0.305 e. The van der Waals surface area contributed by atoms with Crippen molar-refractivity contribution in [1.29, 1.82) is 0 Å². The molecule has 0 bridgehead atoms. The van der Waals surface area contributed by atoms with E-state index in [9.17, 15) is 19.8 Å². The molecule has 338 valence electrons. The van der Waals surface area contributed by atoms with Crippen LogP contribution in [0.4, 0.5) is 0 Å². The van der Waals surface area contributed by atoms with Crippen molar-refractivity contribution in [2.45, 2.75) is 257 Å². The van der Waals surface area contributed by atoms with Gasteiger partial charge < -0.3 is 20.3 Å². The van der Waals surface area contributed by atoms with E-state index in [1.807, 2.05) is 6.08 Å². The SMILES string of the molecule is CCCC/C=C\C/C=C\CCCCCCCC(=O)OCCCC/C=C\CCCCCCC(=O)NC(CO)C(O)/C=C/CCCCCCCCCCCCCCCCC. The fraction of sp³-hybridized carbons (Fsp3) is 0.808. The molecule has 6 nitrogen and oxygen atoms in total. The number of carbonyl (C=O) groups is 2. The zero-order valence-electron chi connectivity index (χ0n) is 38.3. The van der Waals surface area contributed by atoms with Gasteiger partial charge in [0.25, 0.3) is 0 Å². The molecule has 0 heterocycles. The molecule has 0 aromatic rings. The molecule has 58 heavy (non-hydrogen) atoms. The number of rotatable bonds is 45. The average molecular weight is 814 g/mol. The summed E-state index contributed by atoms with van der Waals surface area (Å²) in [7, 11) is 0. The van der Waals surface area contributed by atoms with Crippen LogP contribution in [-0.4, -0.2) is 47.4 Å². The van der Waals surface area contributed by atoms with Gasteiger partial charge in [0.15, 0.2) is 0 Å². The van der Waals surface area contributed by atoms with E-state index in [-0.39, 0.29) is 18.5 Å². The van der Waals surface area contributed by atoms with E-state index in [2.05, 4.69) is 55.6 Å². The number of carbonyl (C=O) groups excluding carboxylic acids is 2. The lowest BCUT2D eigenvalue weighted by Crippen LogP contribution is -2.45. The predicted octanol–water partition coefficient (Wildman–Crippen LogP) is 14.7. The molecule has 0 radical (unpaired) electrons. The van der Waals surface area contributed by atoms with Crippen molar-refractivity contribution in [3.05, 3.63) is 48.6 Å². The number of aliphatic hydroxyl groups excluding tert-OH is 2. The Kier molecular flexibility index (Phi) is 45.7. The van der Waals surface area contributed by atoms with Crippen LogP contribution in [-0.2, 0) is 14.3 Å². The summed E-state index contributed by atoms with van der Waals surface area (Å²) in [6.45, 7) is 4.75. The maximum absolute atomic E-state index is 12.4. The number of aliphatic hydroxyl groups is 2. The highest BCUT2D eigenvalue weighted by molar-refractivity contribution is 5.76. The first kappa shape index (κ1) is 55.8. The molecular formula is C52H95NO5. The maximum atomic E-state index is 12.4. The topological polar surface area (TPSA) is 95.9 Å². The second-order valence-corrected chi connectivity index (χ2v) is 16.8. The molecule has 0 aromatic carbocycles. The van der Waals surface area contributed by atoms with Gasteiger partial charge in [0, 0.05) is 12.8 Å². The summed E-state index contributed by atoms with van der Waals surface area (Å²) in [5, 5.41) is 23.0. The summed E-state index contributed by atoms with van der Waals surface area (Å²) in [6, 6.07) is -0.655. The number of nitrogens with one attached hydrogen (secondary N) is 1. The van der Waals surface area contributed by atoms with Crippen LogP contribution < -0.4 is 5.32 Å². The van der Waals surface area contributed by atoms with Gasteiger partial charge in [-0.1, -0.05) is 197 Å². The third-order valence-electron chi connectivity index (χ3n) is 11.1. The normalized spacial score (nSPS) is 13.1. The molecular weight excluding hydrogens is 719 g/mol. The van der Waals surface area contributed by atoms with Gasteiger partial charge in [0.2, 0.25) is 5.91 Å². The molecule has 0 aliphatic heterocycles. The minimum atomic E-state index is -0.868. The van der Waals surface area contributed by atoms with Gasteiger partial charge in [-0.2, -0.15) is 0 Å². The Labute approximate surface area is 359 Å². The smallest absolute Gasteiger partial charge is 0.305 e. The van der Waals surface area contributed by atoms with E-state index in [0.29, 0.717) is 19.4 Å². The lowest BCUT2D eigenvalue weighted by Gasteiger charge is -2.20. The number of hydrogen-bond donors (Lipinski definition) is 3. The van der Waals surface area contributed by atoms with Crippen molar-refractivity contribution in [2.75, 3.05) is 13.2 Å². The summed E-state index contributed by atoms with van der Waals surface area (Å²) >= 11 is 0. The van der Waals surface area contributed by atoms with Crippen LogP contribution in [0.1, 0.15) is 245 Å². The zero-order chi connectivity index (χ0) is 42.3. The van der Waals surface area contributed by atoms with E-state index in [1.54, 1.807) is 6.08 Å². The van der Waals surface area contributed by atoms with Crippen LogP contribution in [0.15, 0.2) is 48.6 Å². The van der Waals surface area contributed by atoms with Crippen molar-refractivity contribution in [3.8, 4) is 0 Å². The summed E-state index contributed by atoms with van der Waals surface area (Å²) in [4.78, 5) is 24.4. The summed E-state index contributed by atoms with van der Waals surface area (Å²) in [5.41, 5.74) is 0. The largest absolute Gasteiger partial charge is 0.466 e. The van der Waals surface area contributed by atoms with E-state index in [1.165, 1.54) is 128 Å². The highest BCUT2D eigenvalue weighted by atomic mass is 16.5. The number of ether oxygens (including phenoxy) is 1. The molecule has 2 atom stereocenters. The molecule has 0 aliphatic carbocycles. The predicted molar refractivity (Wildman–Crippen MR) is 250 cm³/mol. The quantitative estimate of drug-likeness (QED) is 0.0323. The van der Waals surface area contributed by atoms with E-state index < -0.39 is 12.1 Å². The van der Waals surface area contributed by atoms with Gasteiger partial charge in [0.1, 0.15) is 0 Å². The number of esters is 1. The molecule has 3 N–H and O–H groups in total. The van der Waals surface area contributed by atoms with Crippen molar-refractivity contribution in [3.63, 3.8) is 0 Å². The molecule has 0 rings (SSSR count). The van der Waals surface area contributed by atoms with Crippen LogP contribution in [0.2, 0.25) is 0 Å². The van der Waals surface area contributed by atoms with Crippen LogP contribution in [0, 0.1) is 0 Å². The molecule has 0 fully saturated rings. The highest BCUT2D eigenvalue weighted by Crippen LogP contribution is 2.15. The zero-order valence-corrected chi connectivity index (χ0v) is 38.3. The van der Waals surface area contributed by atoms with E-state index >= 15 is 0 Å². The molecule has 1 amide bonds. The monoisotopic (exact) mass is 814 g/mol. The van der Waals surface area contributed by atoms with Crippen LogP contribution >= 0.6 is 0 Å². The Morgan fingerprint density at radius 1 is 0.483 bits per heavy atom. The van der Waals surface area contributed by atoms with E-state index in [0.717, 1.165) is 89.9 Å². The minimum absolute atomic E-state index is 0.0539. The Morgan fingerprint density at radius 2 is 0.879 bits per heavy atom. The summed E-state index contributed by atoms with van der Waals surface area (Å²) < 4.78 is 5.41. The molecule has 0 aliphatic rings. The van der Waals surface area contributed by atoms with Gasteiger partial charge in [-0.15, -0.1) is 0 Å². The van der Waals surface area contributed by atoms with Crippen molar-refractivity contribution in [2.24, 2.45) is 0 Å². The second kappa shape index (κ2) is 47.5. The lowest BCUT2D eigenvalue weighted by molar-refractivity contribution is -0.143. The first-order chi connectivity index (χ1) is 28.5. The van der Waals surface area contributed by atoms with Crippen LogP contribution in [0.3, 0.4) is 0 Å². The Morgan fingerprint density at radius 3 is 1.38 bits per heavy atom. The van der Waals surface area contributed by atoms with E-state index in [4.69, 9.17) is 4.74 Å². The minimum Gasteiger partial charge on any atom is -0.466 e. The number of unbranched alkanes of at least 4 members (excludes halogenated alkanes) is 28. The molecule has 2 unspecified atom stereocenters. The third kappa shape index (κ3) is 43.4. The van der Waals surface area contributed by atoms with Gasteiger partial charge in [-0.05, 0) is 83.5 Å². The van der Waals surface area contributed by atoms with Gasteiger partial charge >= 0.3 is 5.97 Å². The highest BCUT2D eigenvalue weighted by Gasteiger charge is 2.18. The fourth-order valence-electron chi connectivity index (χ4n) is 7.17. The summed E-state index contributed by atoms with van der Waals surface area (Å²) in [6.07, 6.45) is 58.2. The molecule has 0 spiro atoms. The standard InChI is InChI=1S/C52H95NO5/c1-3-5-7-9-11-13-15-17-19-20-21-22-24-28-32-36-40-44-50(55)49(48-54)53-51(56)45-41-37-33-29-26-27-31-35-39-43-47-58-52(57)46-42-38-34-30-25-23-18-16-14-12-10-8-6-4-2/h10,12,16,18,27,31,40,44,49-50,54-55H,3-9,11,13-15,17,19-26,28-30,32-39,41-43,45-48H2,1-2H3,(H,53,56)/b12-10-,18-16-,31-27-,44-40+. The summed E-state index contributed by atoms with van der Waals surface area (Å²) in [5.74, 6) is -0.160. The first-order valence-corrected chi connectivity index (χ1v) is 24.9. The van der Waals surface area contributed by atoms with Crippen molar-refractivity contribution >= 4 is 11.9 Å². The Balaban J connectivity index is 3.60. The van der Waals surface area contributed by atoms with Gasteiger partial charge in [0.05, 0.1) is 25.4 Å². The molecule has 0 saturated heterocycles. The third-order valence-corrected chi connectivity index (χ3v) is 11.1. The average Bonchev–Trinajstić information content (AvgIpc) is 3.22. The molecule has 6 heteroatoms. The molecule has 0 aromatic heterocycles.